The van der Waals surface area contributed by atoms with Gasteiger partial charge in [-0.2, -0.15) is 0 Å². The van der Waals surface area contributed by atoms with Crippen LogP contribution in [0.15, 0.2) is 89.8 Å². The second-order valence-electron chi connectivity index (χ2n) is 7.60. The first-order valence-electron chi connectivity index (χ1n) is 10.4. The van der Waals surface area contributed by atoms with Gasteiger partial charge in [0.1, 0.15) is 0 Å². The van der Waals surface area contributed by atoms with E-state index in [2.05, 4.69) is 15.6 Å². The molecule has 32 heavy (non-hydrogen) atoms. The molecular weight excluding hydrogens is 422 g/mol. The smallest absolute Gasteiger partial charge is 0.315 e. The number of fused-ring (bicyclic) bond motifs is 1. The molecule has 4 aromatic rings. The Labute approximate surface area is 187 Å². The highest BCUT2D eigenvalue weighted by Gasteiger charge is 2.23. The average Bonchev–Trinajstić information content (AvgIpc) is 3.15. The van der Waals surface area contributed by atoms with Gasteiger partial charge in [-0.1, -0.05) is 78.9 Å². The molecule has 0 saturated carbocycles. The van der Waals surface area contributed by atoms with Crippen LogP contribution in [0.25, 0.3) is 10.9 Å². The van der Waals surface area contributed by atoms with Gasteiger partial charge in [0.15, 0.2) is 9.84 Å². The molecule has 0 fully saturated rings. The van der Waals surface area contributed by atoms with Crippen molar-refractivity contribution in [1.82, 2.24) is 15.6 Å². The number of amides is 2. The van der Waals surface area contributed by atoms with Gasteiger partial charge in [0.05, 0.1) is 16.7 Å². The number of H-pyrrole nitrogens is 1. The number of hydrogen-bond donors (Lipinski definition) is 3. The summed E-state index contributed by atoms with van der Waals surface area (Å²) >= 11 is 0. The molecule has 4 rings (SSSR count). The molecule has 0 bridgehead atoms. The maximum Gasteiger partial charge on any atom is 0.315 e. The first-order chi connectivity index (χ1) is 15.5. The summed E-state index contributed by atoms with van der Waals surface area (Å²) in [4.78, 5) is 16.0. The van der Waals surface area contributed by atoms with E-state index >= 15 is 0 Å². The molecule has 0 unspecified atom stereocenters. The summed E-state index contributed by atoms with van der Waals surface area (Å²) < 4.78 is 26.0. The number of para-hydroxylation sites is 1. The maximum absolute atomic E-state index is 13.0. The Bertz CT molecular complexity index is 1280. The van der Waals surface area contributed by atoms with Crippen molar-refractivity contribution in [2.75, 3.05) is 12.3 Å². The largest absolute Gasteiger partial charge is 0.358 e. The third kappa shape index (κ3) is 4.68. The zero-order chi connectivity index (χ0) is 22.6. The summed E-state index contributed by atoms with van der Waals surface area (Å²) in [5.41, 5.74) is 3.26. The summed E-state index contributed by atoms with van der Waals surface area (Å²) in [6.45, 7) is 1.75. The number of benzene rings is 3. The van der Waals surface area contributed by atoms with Crippen molar-refractivity contribution in [3.05, 3.63) is 102 Å². The number of carbonyl (C=O) groups is 1. The minimum Gasteiger partial charge on any atom is -0.358 e. The van der Waals surface area contributed by atoms with Crippen molar-refractivity contribution in [2.24, 2.45) is 0 Å². The second kappa shape index (κ2) is 9.28. The number of carbonyl (C=O) groups excluding carboxylic acids is 1. The number of aromatic amines is 1. The number of rotatable bonds is 7. The molecular formula is C25H25N3O3S. The van der Waals surface area contributed by atoms with Crippen LogP contribution >= 0.6 is 0 Å². The molecule has 0 aliphatic heterocycles. The van der Waals surface area contributed by atoms with Crippen LogP contribution in [-0.4, -0.2) is 31.7 Å². The first-order valence-corrected chi connectivity index (χ1v) is 12.1. The maximum atomic E-state index is 13.0. The average molecular weight is 448 g/mol. The fourth-order valence-electron chi connectivity index (χ4n) is 3.88. The van der Waals surface area contributed by atoms with Crippen LogP contribution < -0.4 is 10.6 Å². The topological polar surface area (TPSA) is 91.1 Å². The standard InChI is InChI=1S/C25H25N3O3S/c1-18-24(21-14-8-9-15-22(21)27-18)32(30,31)17-16-26-25(29)28-23(19-10-4-2-5-11-19)20-12-6-3-7-13-20/h2-15,23,27H,16-17H2,1H3,(H2,26,28,29). The molecule has 6 nitrogen and oxygen atoms in total. The highest BCUT2D eigenvalue weighted by atomic mass is 32.2. The van der Waals surface area contributed by atoms with Crippen LogP contribution in [0.4, 0.5) is 4.79 Å². The molecule has 0 aliphatic rings. The molecule has 0 radical (unpaired) electrons. The lowest BCUT2D eigenvalue weighted by Gasteiger charge is -2.20. The zero-order valence-electron chi connectivity index (χ0n) is 17.7. The van der Waals surface area contributed by atoms with Gasteiger partial charge in [-0.05, 0) is 24.1 Å². The molecule has 0 saturated heterocycles. The number of nitrogens with one attached hydrogen (secondary N) is 3. The quantitative estimate of drug-likeness (QED) is 0.394. The van der Waals surface area contributed by atoms with Gasteiger partial charge in [0.2, 0.25) is 0 Å². The van der Waals surface area contributed by atoms with Gasteiger partial charge in [0, 0.05) is 23.1 Å². The molecule has 0 spiro atoms. The Kier molecular flexibility index (Phi) is 6.28. The van der Waals surface area contributed by atoms with E-state index in [-0.39, 0.29) is 18.3 Å². The number of aromatic nitrogens is 1. The van der Waals surface area contributed by atoms with E-state index in [1.54, 1.807) is 13.0 Å². The molecule has 2 amide bonds. The highest BCUT2D eigenvalue weighted by molar-refractivity contribution is 7.91. The van der Waals surface area contributed by atoms with Crippen molar-refractivity contribution >= 4 is 26.8 Å². The van der Waals surface area contributed by atoms with Gasteiger partial charge in [0.25, 0.3) is 0 Å². The Morgan fingerprint density at radius 3 is 2.06 bits per heavy atom. The van der Waals surface area contributed by atoms with E-state index < -0.39 is 15.9 Å². The summed E-state index contributed by atoms with van der Waals surface area (Å²) in [5.74, 6) is -0.190. The molecule has 3 aromatic carbocycles. The summed E-state index contributed by atoms with van der Waals surface area (Å²) in [6.07, 6.45) is 0. The first kappa shape index (κ1) is 21.6. The minimum absolute atomic E-state index is 0.00339. The van der Waals surface area contributed by atoms with E-state index in [1.165, 1.54) is 0 Å². The Morgan fingerprint density at radius 1 is 0.875 bits per heavy atom. The third-order valence-corrected chi connectivity index (χ3v) is 7.23. The number of aryl methyl sites for hydroxylation is 1. The SMILES string of the molecule is Cc1[nH]c2ccccc2c1S(=O)(=O)CCNC(=O)NC(c1ccccc1)c1ccccc1. The molecule has 0 aliphatic carbocycles. The van der Waals surface area contributed by atoms with Crippen LogP contribution in [0.1, 0.15) is 22.9 Å². The van der Waals surface area contributed by atoms with E-state index in [4.69, 9.17) is 0 Å². The Balaban J connectivity index is 1.44. The van der Waals surface area contributed by atoms with E-state index in [0.717, 1.165) is 16.6 Å². The zero-order valence-corrected chi connectivity index (χ0v) is 18.5. The summed E-state index contributed by atoms with van der Waals surface area (Å²) in [6, 6.07) is 25.8. The Morgan fingerprint density at radius 2 is 1.44 bits per heavy atom. The van der Waals surface area contributed by atoms with Crippen molar-refractivity contribution in [1.29, 1.82) is 0 Å². The van der Waals surface area contributed by atoms with Crippen molar-refractivity contribution in [2.45, 2.75) is 17.9 Å². The lowest BCUT2D eigenvalue weighted by atomic mass is 9.99. The van der Waals surface area contributed by atoms with Crippen molar-refractivity contribution in [3.8, 4) is 0 Å². The van der Waals surface area contributed by atoms with E-state index in [1.807, 2.05) is 78.9 Å². The van der Waals surface area contributed by atoms with Gasteiger partial charge < -0.3 is 15.6 Å². The predicted octanol–water partition coefficient (Wildman–Crippen LogP) is 4.34. The van der Waals surface area contributed by atoms with E-state index in [9.17, 15) is 13.2 Å². The fraction of sp³-hybridized carbons (Fsp3) is 0.160. The van der Waals surface area contributed by atoms with E-state index in [0.29, 0.717) is 16.0 Å². The third-order valence-electron chi connectivity index (χ3n) is 5.34. The van der Waals surface area contributed by atoms with Gasteiger partial charge in [-0.15, -0.1) is 0 Å². The molecule has 1 heterocycles. The number of urea groups is 1. The summed E-state index contributed by atoms with van der Waals surface area (Å²) in [5, 5.41) is 6.33. The van der Waals surface area contributed by atoms with Crippen LogP contribution in [0.5, 0.6) is 0 Å². The molecule has 164 valence electrons. The van der Waals surface area contributed by atoms with Gasteiger partial charge in [-0.25, -0.2) is 13.2 Å². The number of sulfone groups is 1. The minimum atomic E-state index is -3.58. The molecule has 3 N–H and O–H groups in total. The fourth-order valence-corrected chi connectivity index (χ4v) is 5.49. The van der Waals surface area contributed by atoms with Gasteiger partial charge in [-0.3, -0.25) is 0 Å². The lowest BCUT2D eigenvalue weighted by Crippen LogP contribution is -2.40. The highest BCUT2D eigenvalue weighted by Crippen LogP contribution is 2.27. The van der Waals surface area contributed by atoms with Crippen LogP contribution in [0.2, 0.25) is 0 Å². The van der Waals surface area contributed by atoms with Gasteiger partial charge >= 0.3 is 6.03 Å². The van der Waals surface area contributed by atoms with Crippen molar-refractivity contribution in [3.63, 3.8) is 0 Å². The number of hydrogen-bond acceptors (Lipinski definition) is 3. The van der Waals surface area contributed by atoms with Crippen molar-refractivity contribution < 1.29 is 13.2 Å². The van der Waals surface area contributed by atoms with Crippen LogP contribution in [0.3, 0.4) is 0 Å². The summed E-state index contributed by atoms with van der Waals surface area (Å²) in [7, 11) is -3.58. The van der Waals surface area contributed by atoms with Crippen LogP contribution in [-0.2, 0) is 9.84 Å². The molecule has 0 atom stereocenters. The second-order valence-corrected chi connectivity index (χ2v) is 9.64. The lowest BCUT2D eigenvalue weighted by molar-refractivity contribution is 0.239. The van der Waals surface area contributed by atoms with Crippen LogP contribution in [0, 0.1) is 6.92 Å². The normalized spacial score (nSPS) is 11.6. The Hall–Kier alpha value is -3.58. The monoisotopic (exact) mass is 447 g/mol. The predicted molar refractivity (Wildman–Crippen MR) is 126 cm³/mol. The molecule has 7 heteroatoms. The molecule has 1 aromatic heterocycles.